The number of urea groups is 1. The summed E-state index contributed by atoms with van der Waals surface area (Å²) in [6.45, 7) is 7.99. The van der Waals surface area contributed by atoms with Gasteiger partial charge in [0, 0.05) is 38.8 Å². The maximum absolute atomic E-state index is 12.7. The second-order valence-corrected chi connectivity index (χ2v) is 6.48. The number of hydrogen-bond donors (Lipinski definition) is 1. The van der Waals surface area contributed by atoms with Crippen LogP contribution < -0.4 is 0 Å². The lowest BCUT2D eigenvalue weighted by atomic mass is 9.95. The van der Waals surface area contributed by atoms with E-state index >= 15 is 0 Å². The first-order chi connectivity index (χ1) is 9.97. The summed E-state index contributed by atoms with van der Waals surface area (Å²) in [5.41, 5.74) is 0. The van der Waals surface area contributed by atoms with Crippen LogP contribution in [0.15, 0.2) is 0 Å². The van der Waals surface area contributed by atoms with Crippen molar-refractivity contribution in [2.24, 2.45) is 5.92 Å². The molecular weight excluding hydrogens is 270 g/mol. The summed E-state index contributed by atoms with van der Waals surface area (Å²) in [5.74, 6) is -0.228. The van der Waals surface area contributed by atoms with E-state index in [0.717, 1.165) is 32.5 Å². The summed E-state index contributed by atoms with van der Waals surface area (Å²) in [4.78, 5) is 29.3. The number of hydrogen-bond acceptors (Lipinski definition) is 3. The zero-order chi connectivity index (χ0) is 15.4. The van der Waals surface area contributed by atoms with Gasteiger partial charge < -0.3 is 14.9 Å². The molecule has 2 aliphatic heterocycles. The summed E-state index contributed by atoms with van der Waals surface area (Å²) < 4.78 is 0. The highest BCUT2D eigenvalue weighted by molar-refractivity contribution is 5.75. The summed E-state index contributed by atoms with van der Waals surface area (Å²) in [5, 5.41) is 8.87. The van der Waals surface area contributed by atoms with E-state index in [-0.39, 0.29) is 12.6 Å². The van der Waals surface area contributed by atoms with Gasteiger partial charge in [0.15, 0.2) is 0 Å². The summed E-state index contributed by atoms with van der Waals surface area (Å²) in [6.07, 6.45) is 3.11. The highest BCUT2D eigenvalue weighted by Gasteiger charge is 2.31. The molecule has 0 radical (unpaired) electrons. The molecule has 0 spiro atoms. The van der Waals surface area contributed by atoms with Gasteiger partial charge in [-0.05, 0) is 32.1 Å². The van der Waals surface area contributed by atoms with Gasteiger partial charge in [0.05, 0.1) is 6.54 Å². The Morgan fingerprint density at radius 2 is 1.86 bits per heavy atom. The zero-order valence-corrected chi connectivity index (χ0v) is 13.1. The van der Waals surface area contributed by atoms with E-state index in [1.165, 1.54) is 6.42 Å². The summed E-state index contributed by atoms with van der Waals surface area (Å²) >= 11 is 0. The Bertz CT molecular complexity index is 388. The summed E-state index contributed by atoms with van der Waals surface area (Å²) in [7, 11) is 0. The molecule has 2 heterocycles. The number of rotatable bonds is 2. The number of carboxylic acid groups (broad SMARTS) is 1. The van der Waals surface area contributed by atoms with Crippen LogP contribution in [0.4, 0.5) is 4.79 Å². The number of nitrogens with zero attached hydrogens (tertiary/aromatic N) is 3. The Hall–Kier alpha value is -1.30. The highest BCUT2D eigenvalue weighted by atomic mass is 16.4. The lowest BCUT2D eigenvalue weighted by Crippen LogP contribution is -2.51. The normalized spacial score (nSPS) is 28.3. The average molecular weight is 297 g/mol. The van der Waals surface area contributed by atoms with E-state index in [2.05, 4.69) is 13.8 Å². The second-order valence-electron chi connectivity index (χ2n) is 6.48. The van der Waals surface area contributed by atoms with Gasteiger partial charge in [0.2, 0.25) is 0 Å². The molecule has 6 nitrogen and oxygen atoms in total. The SMILES string of the molecule is CC1CCC(C)N(C(=O)N2CCCN(CC(=O)O)CC2)C1. The van der Waals surface area contributed by atoms with Crippen LogP contribution in [0.25, 0.3) is 0 Å². The third-order valence-electron chi connectivity index (χ3n) is 4.58. The Labute approximate surface area is 126 Å². The minimum atomic E-state index is -0.798. The number of carboxylic acids is 1. The molecule has 0 bridgehead atoms. The zero-order valence-electron chi connectivity index (χ0n) is 13.1. The topological polar surface area (TPSA) is 64.1 Å². The Morgan fingerprint density at radius 1 is 1.10 bits per heavy atom. The van der Waals surface area contributed by atoms with Gasteiger partial charge in [-0.15, -0.1) is 0 Å². The van der Waals surface area contributed by atoms with E-state index in [0.29, 0.717) is 25.0 Å². The fraction of sp³-hybridized carbons (Fsp3) is 0.867. The van der Waals surface area contributed by atoms with Crippen LogP contribution in [0.2, 0.25) is 0 Å². The fourth-order valence-corrected chi connectivity index (χ4v) is 3.25. The van der Waals surface area contributed by atoms with Crippen LogP contribution in [-0.2, 0) is 4.79 Å². The molecular formula is C15H27N3O3. The van der Waals surface area contributed by atoms with Gasteiger partial charge in [-0.1, -0.05) is 6.92 Å². The molecule has 0 aliphatic carbocycles. The van der Waals surface area contributed by atoms with Crippen molar-refractivity contribution in [2.75, 3.05) is 39.3 Å². The maximum atomic E-state index is 12.7. The highest BCUT2D eigenvalue weighted by Crippen LogP contribution is 2.23. The van der Waals surface area contributed by atoms with E-state index in [1.807, 2.05) is 14.7 Å². The van der Waals surface area contributed by atoms with Crippen LogP contribution >= 0.6 is 0 Å². The Kier molecular flexibility index (Phi) is 5.45. The van der Waals surface area contributed by atoms with Crippen LogP contribution in [0.1, 0.15) is 33.1 Å². The first-order valence-electron chi connectivity index (χ1n) is 7.97. The number of aliphatic carboxylic acids is 1. The van der Waals surface area contributed by atoms with E-state index in [1.54, 1.807) is 0 Å². The molecule has 0 aromatic carbocycles. The van der Waals surface area contributed by atoms with Crippen molar-refractivity contribution in [1.82, 2.24) is 14.7 Å². The summed E-state index contributed by atoms with van der Waals surface area (Å²) in [6, 6.07) is 0.443. The van der Waals surface area contributed by atoms with Crippen molar-refractivity contribution in [1.29, 1.82) is 0 Å². The number of piperidine rings is 1. The molecule has 2 atom stereocenters. The first kappa shape index (κ1) is 16.1. The smallest absolute Gasteiger partial charge is 0.320 e. The van der Waals surface area contributed by atoms with Gasteiger partial charge in [0.1, 0.15) is 0 Å². The standard InChI is InChI=1S/C15H27N3O3/c1-12-4-5-13(2)18(10-12)15(21)17-7-3-6-16(8-9-17)11-14(19)20/h12-13H,3-11H2,1-2H3,(H,19,20). The van der Waals surface area contributed by atoms with Crippen molar-refractivity contribution in [3.05, 3.63) is 0 Å². The second kappa shape index (κ2) is 7.11. The lowest BCUT2D eigenvalue weighted by molar-refractivity contribution is -0.138. The van der Waals surface area contributed by atoms with Gasteiger partial charge >= 0.3 is 12.0 Å². The molecule has 0 saturated carbocycles. The molecule has 6 heteroatoms. The first-order valence-corrected chi connectivity index (χ1v) is 7.97. The van der Waals surface area contributed by atoms with Crippen molar-refractivity contribution >= 4 is 12.0 Å². The van der Waals surface area contributed by atoms with E-state index < -0.39 is 5.97 Å². The number of likely N-dealkylation sites (tertiary alicyclic amines) is 1. The molecule has 2 rings (SSSR count). The fourth-order valence-electron chi connectivity index (χ4n) is 3.25. The number of amides is 2. The van der Waals surface area contributed by atoms with E-state index in [4.69, 9.17) is 5.11 Å². The molecule has 2 aliphatic rings. The number of carbonyl (C=O) groups excluding carboxylic acids is 1. The predicted molar refractivity (Wildman–Crippen MR) is 80.2 cm³/mol. The maximum Gasteiger partial charge on any atom is 0.320 e. The van der Waals surface area contributed by atoms with Crippen molar-refractivity contribution in [3.63, 3.8) is 0 Å². The lowest BCUT2D eigenvalue weighted by Gasteiger charge is -2.39. The monoisotopic (exact) mass is 297 g/mol. The minimum Gasteiger partial charge on any atom is -0.480 e. The van der Waals surface area contributed by atoms with Crippen LogP contribution in [0, 0.1) is 5.92 Å². The Balaban J connectivity index is 1.91. The molecule has 0 aromatic rings. The molecule has 2 amide bonds. The molecule has 120 valence electrons. The molecule has 21 heavy (non-hydrogen) atoms. The quantitative estimate of drug-likeness (QED) is 0.835. The molecule has 1 N–H and O–H groups in total. The van der Waals surface area contributed by atoms with E-state index in [9.17, 15) is 9.59 Å². The van der Waals surface area contributed by atoms with Gasteiger partial charge in [0.25, 0.3) is 0 Å². The molecule has 2 unspecified atom stereocenters. The van der Waals surface area contributed by atoms with Crippen LogP contribution in [0.5, 0.6) is 0 Å². The number of carbonyl (C=O) groups is 2. The Morgan fingerprint density at radius 3 is 2.57 bits per heavy atom. The van der Waals surface area contributed by atoms with Crippen LogP contribution in [-0.4, -0.2) is 77.1 Å². The largest absolute Gasteiger partial charge is 0.480 e. The molecule has 0 aromatic heterocycles. The molecule has 2 fully saturated rings. The van der Waals surface area contributed by atoms with Crippen molar-refractivity contribution in [2.45, 2.75) is 39.2 Å². The third-order valence-corrected chi connectivity index (χ3v) is 4.58. The van der Waals surface area contributed by atoms with Gasteiger partial charge in [-0.25, -0.2) is 4.79 Å². The third kappa shape index (κ3) is 4.33. The van der Waals surface area contributed by atoms with Gasteiger partial charge in [-0.3, -0.25) is 9.69 Å². The molecule has 2 saturated heterocycles. The van der Waals surface area contributed by atoms with Crippen LogP contribution in [0.3, 0.4) is 0 Å². The van der Waals surface area contributed by atoms with Crippen molar-refractivity contribution < 1.29 is 14.7 Å². The average Bonchev–Trinajstić information content (AvgIpc) is 2.66. The predicted octanol–water partition coefficient (Wildman–Crippen LogP) is 1.32. The minimum absolute atomic E-state index is 0.0686. The van der Waals surface area contributed by atoms with Crippen molar-refractivity contribution in [3.8, 4) is 0 Å². The van der Waals surface area contributed by atoms with Gasteiger partial charge in [-0.2, -0.15) is 0 Å².